The van der Waals surface area contributed by atoms with Crippen LogP contribution in [-0.2, 0) is 0 Å². The normalized spacial score (nSPS) is 14.6. The molecule has 2 amide bonds. The third-order valence-corrected chi connectivity index (χ3v) is 5.07. The summed E-state index contributed by atoms with van der Waals surface area (Å²) in [5.41, 5.74) is 2.40. The molecule has 0 unspecified atom stereocenters. The number of aromatic amines is 1. The Kier molecular flexibility index (Phi) is 4.35. The zero-order valence-corrected chi connectivity index (χ0v) is 15.3. The highest BCUT2D eigenvalue weighted by Crippen LogP contribution is 2.27. The summed E-state index contributed by atoms with van der Waals surface area (Å²) in [5.74, 6) is 0.901. The fraction of sp³-hybridized carbons (Fsp3) is 0.300. The summed E-state index contributed by atoms with van der Waals surface area (Å²) < 4.78 is 10.4. The number of ether oxygens (including phenoxy) is 1. The van der Waals surface area contributed by atoms with Gasteiger partial charge in [-0.15, -0.1) is 0 Å². The number of fused-ring (bicyclic) bond motifs is 1. The molecule has 0 bridgehead atoms. The molecule has 1 saturated heterocycles. The second kappa shape index (κ2) is 6.83. The molecule has 7 heteroatoms. The highest BCUT2D eigenvalue weighted by molar-refractivity contribution is 6.01. The number of hydrogen-bond acceptors (Lipinski definition) is 4. The van der Waals surface area contributed by atoms with Gasteiger partial charge in [0.2, 0.25) is 0 Å². The number of nitrogens with one attached hydrogen (secondary N) is 1. The van der Waals surface area contributed by atoms with E-state index in [4.69, 9.17) is 9.15 Å². The van der Waals surface area contributed by atoms with Gasteiger partial charge >= 0.3 is 0 Å². The van der Waals surface area contributed by atoms with E-state index in [1.54, 1.807) is 29.0 Å². The molecule has 0 atom stereocenters. The monoisotopic (exact) mass is 367 g/mol. The van der Waals surface area contributed by atoms with E-state index >= 15 is 0 Å². The summed E-state index contributed by atoms with van der Waals surface area (Å²) in [7, 11) is 1.62. The maximum Gasteiger partial charge on any atom is 0.289 e. The summed E-state index contributed by atoms with van der Waals surface area (Å²) >= 11 is 0. The van der Waals surface area contributed by atoms with E-state index in [-0.39, 0.29) is 11.8 Å². The first-order chi connectivity index (χ1) is 13.1. The minimum absolute atomic E-state index is 0.0484. The lowest BCUT2D eigenvalue weighted by molar-refractivity contribution is 0.0515. The molecule has 7 nitrogen and oxygen atoms in total. The first-order valence-electron chi connectivity index (χ1n) is 8.87. The zero-order chi connectivity index (χ0) is 19.0. The van der Waals surface area contributed by atoms with Crippen molar-refractivity contribution in [3.05, 3.63) is 53.6 Å². The molecule has 0 aliphatic carbocycles. The Morgan fingerprint density at radius 2 is 1.78 bits per heavy atom. The lowest BCUT2D eigenvalue weighted by atomic mass is 10.1. The third-order valence-electron chi connectivity index (χ3n) is 5.07. The van der Waals surface area contributed by atoms with Crippen molar-refractivity contribution in [3.63, 3.8) is 0 Å². The number of carbonyl (C=O) groups is 2. The summed E-state index contributed by atoms with van der Waals surface area (Å²) in [6, 6.07) is 9.06. The van der Waals surface area contributed by atoms with Gasteiger partial charge in [-0.3, -0.25) is 9.59 Å². The van der Waals surface area contributed by atoms with Crippen molar-refractivity contribution < 1.29 is 18.7 Å². The molecule has 1 aliphatic heterocycles. The highest BCUT2D eigenvalue weighted by atomic mass is 16.5. The average Bonchev–Trinajstić information content (AvgIpc) is 3.35. The van der Waals surface area contributed by atoms with Crippen molar-refractivity contribution in [3.8, 4) is 5.75 Å². The quantitative estimate of drug-likeness (QED) is 0.772. The van der Waals surface area contributed by atoms with E-state index in [0.29, 0.717) is 37.6 Å². The number of aromatic nitrogens is 1. The number of H-pyrrole nitrogens is 1. The van der Waals surface area contributed by atoms with Gasteiger partial charge in [0.1, 0.15) is 11.4 Å². The summed E-state index contributed by atoms with van der Waals surface area (Å²) in [6.45, 7) is 3.88. The molecule has 1 fully saturated rings. The number of piperazine rings is 1. The second-order valence-corrected chi connectivity index (χ2v) is 6.60. The highest BCUT2D eigenvalue weighted by Gasteiger charge is 2.28. The Bertz CT molecular complexity index is 982. The van der Waals surface area contributed by atoms with Crippen LogP contribution in [0.4, 0.5) is 0 Å². The van der Waals surface area contributed by atoms with Gasteiger partial charge in [0, 0.05) is 37.1 Å². The van der Waals surface area contributed by atoms with Gasteiger partial charge < -0.3 is 23.9 Å². The third kappa shape index (κ3) is 3.05. The van der Waals surface area contributed by atoms with Crippen LogP contribution in [0.3, 0.4) is 0 Å². The number of rotatable bonds is 3. The van der Waals surface area contributed by atoms with E-state index in [2.05, 4.69) is 4.98 Å². The van der Waals surface area contributed by atoms with Crippen LogP contribution in [0.15, 0.2) is 41.0 Å². The first kappa shape index (κ1) is 17.2. The van der Waals surface area contributed by atoms with Gasteiger partial charge in [0.05, 0.1) is 13.4 Å². The molecule has 1 N–H and O–H groups in total. The Balaban J connectivity index is 1.49. The van der Waals surface area contributed by atoms with Gasteiger partial charge in [-0.1, -0.05) is 0 Å². The molecule has 27 heavy (non-hydrogen) atoms. The van der Waals surface area contributed by atoms with Crippen molar-refractivity contribution in [2.75, 3.05) is 33.3 Å². The van der Waals surface area contributed by atoms with Gasteiger partial charge in [0.15, 0.2) is 5.76 Å². The number of methoxy groups -OCH3 is 1. The van der Waals surface area contributed by atoms with E-state index in [9.17, 15) is 9.59 Å². The van der Waals surface area contributed by atoms with Gasteiger partial charge in [-0.2, -0.15) is 0 Å². The first-order valence-corrected chi connectivity index (χ1v) is 8.87. The van der Waals surface area contributed by atoms with Crippen LogP contribution < -0.4 is 4.74 Å². The van der Waals surface area contributed by atoms with Crippen LogP contribution in [0, 0.1) is 6.92 Å². The van der Waals surface area contributed by atoms with E-state index in [1.807, 2.05) is 25.1 Å². The Labute approximate surface area is 156 Å². The minimum atomic E-state index is -0.138. The summed E-state index contributed by atoms with van der Waals surface area (Å²) in [6.07, 6.45) is 1.49. The van der Waals surface area contributed by atoms with E-state index < -0.39 is 0 Å². The molecule has 1 aliphatic rings. The van der Waals surface area contributed by atoms with Crippen LogP contribution in [0.25, 0.3) is 10.9 Å². The zero-order valence-electron chi connectivity index (χ0n) is 15.3. The topological polar surface area (TPSA) is 78.8 Å². The number of nitrogens with zero attached hydrogens (tertiary/aromatic N) is 2. The van der Waals surface area contributed by atoms with Gasteiger partial charge in [-0.25, -0.2) is 0 Å². The molecular weight excluding hydrogens is 346 g/mol. The minimum Gasteiger partial charge on any atom is -0.497 e. The molecular formula is C20H21N3O4. The van der Waals surface area contributed by atoms with E-state index in [0.717, 1.165) is 22.2 Å². The maximum atomic E-state index is 13.0. The van der Waals surface area contributed by atoms with Crippen LogP contribution in [-0.4, -0.2) is 59.9 Å². The molecule has 1 aromatic carbocycles. The van der Waals surface area contributed by atoms with Crippen molar-refractivity contribution in [1.82, 2.24) is 14.8 Å². The molecule has 3 aromatic rings. The predicted octanol–water partition coefficient (Wildman–Crippen LogP) is 2.68. The number of hydrogen-bond donors (Lipinski definition) is 1. The van der Waals surface area contributed by atoms with Gasteiger partial charge in [-0.05, 0) is 42.8 Å². The summed E-state index contributed by atoms with van der Waals surface area (Å²) in [5, 5.41) is 0.976. The number of benzene rings is 1. The molecule has 3 heterocycles. The summed E-state index contributed by atoms with van der Waals surface area (Å²) in [4.78, 5) is 32.1. The molecule has 0 spiro atoms. The average molecular weight is 367 g/mol. The number of carbonyl (C=O) groups excluding carboxylic acids is 2. The Hall–Kier alpha value is -3.22. The SMILES string of the molecule is COc1ccc2[nH]c(C(=O)N3CCN(C(=O)c4ccco4)CC3)c(C)c2c1. The number of furan rings is 1. The van der Waals surface area contributed by atoms with Crippen molar-refractivity contribution in [2.24, 2.45) is 0 Å². The van der Waals surface area contributed by atoms with Crippen LogP contribution >= 0.6 is 0 Å². The van der Waals surface area contributed by atoms with Crippen LogP contribution in [0.2, 0.25) is 0 Å². The van der Waals surface area contributed by atoms with Crippen LogP contribution in [0.5, 0.6) is 5.75 Å². The molecule has 4 rings (SSSR count). The predicted molar refractivity (Wildman–Crippen MR) is 100 cm³/mol. The molecule has 0 saturated carbocycles. The fourth-order valence-electron chi connectivity index (χ4n) is 3.47. The Morgan fingerprint density at radius 3 is 2.41 bits per heavy atom. The Morgan fingerprint density at radius 1 is 1.07 bits per heavy atom. The largest absolute Gasteiger partial charge is 0.497 e. The lowest BCUT2D eigenvalue weighted by Crippen LogP contribution is -2.50. The molecule has 0 radical (unpaired) electrons. The van der Waals surface area contributed by atoms with Crippen molar-refractivity contribution in [1.29, 1.82) is 0 Å². The van der Waals surface area contributed by atoms with Gasteiger partial charge in [0.25, 0.3) is 11.8 Å². The molecule has 140 valence electrons. The fourth-order valence-corrected chi connectivity index (χ4v) is 3.47. The number of amides is 2. The number of aryl methyl sites for hydroxylation is 1. The maximum absolute atomic E-state index is 13.0. The van der Waals surface area contributed by atoms with E-state index in [1.165, 1.54) is 6.26 Å². The smallest absolute Gasteiger partial charge is 0.289 e. The standard InChI is InChI=1S/C20H21N3O4/c1-13-15-12-14(26-2)5-6-16(15)21-18(13)20(25)23-9-7-22(8-10-23)19(24)17-4-3-11-27-17/h3-6,11-12,21H,7-10H2,1-2H3. The molecule has 2 aromatic heterocycles. The lowest BCUT2D eigenvalue weighted by Gasteiger charge is -2.34. The van der Waals surface area contributed by atoms with Crippen molar-refractivity contribution in [2.45, 2.75) is 6.92 Å². The van der Waals surface area contributed by atoms with Crippen molar-refractivity contribution >= 4 is 22.7 Å². The second-order valence-electron chi connectivity index (χ2n) is 6.60. The van der Waals surface area contributed by atoms with Crippen LogP contribution in [0.1, 0.15) is 26.6 Å².